The second-order valence-electron chi connectivity index (χ2n) is 11.5. The Balaban J connectivity index is 1.39. The number of benzene rings is 1. The topological polar surface area (TPSA) is 85.1 Å². The van der Waals surface area contributed by atoms with E-state index in [1.807, 2.05) is 12.1 Å². The van der Waals surface area contributed by atoms with Gasteiger partial charge in [0.1, 0.15) is 6.10 Å². The molecule has 0 radical (unpaired) electrons. The number of esters is 1. The smallest absolute Gasteiger partial charge is 0.338 e. The van der Waals surface area contributed by atoms with Crippen LogP contribution in [0.5, 0.6) is 5.75 Å². The highest BCUT2D eigenvalue weighted by Gasteiger charge is 2.36. The van der Waals surface area contributed by atoms with E-state index >= 15 is 0 Å². The summed E-state index contributed by atoms with van der Waals surface area (Å²) in [5.74, 6) is 0.966. The van der Waals surface area contributed by atoms with Gasteiger partial charge in [0.25, 0.3) is 0 Å². The standard InChI is InChI=1S/C34H49N3O3/c1-3-5-7-9-10-12-14-24-39-31-25-36-32(37-26-31)28-15-17-29(18-16-28)33(38)40-30-19-22-34(27-35,23-20-30)21-13-11-8-6-4-2/h15-18,25-26,30H,3-14,19-24H2,1-2H3. The van der Waals surface area contributed by atoms with E-state index in [2.05, 4.69) is 29.9 Å². The minimum absolute atomic E-state index is 0.120. The van der Waals surface area contributed by atoms with E-state index in [9.17, 15) is 10.1 Å². The van der Waals surface area contributed by atoms with Gasteiger partial charge in [-0.3, -0.25) is 0 Å². The van der Waals surface area contributed by atoms with Crippen LogP contribution in [0.2, 0.25) is 0 Å². The molecule has 0 amide bonds. The Labute approximate surface area is 241 Å². The highest BCUT2D eigenvalue weighted by Crippen LogP contribution is 2.41. The molecule has 1 fully saturated rings. The normalized spacial score (nSPS) is 18.7. The molecule has 2 aromatic rings. The van der Waals surface area contributed by atoms with E-state index in [0.717, 1.165) is 50.5 Å². The number of carbonyl (C=O) groups is 1. The molecule has 3 rings (SSSR count). The first kappa shape index (κ1) is 31.6. The van der Waals surface area contributed by atoms with Crippen molar-refractivity contribution < 1.29 is 14.3 Å². The van der Waals surface area contributed by atoms with E-state index in [1.165, 1.54) is 64.2 Å². The molecule has 1 aromatic carbocycles. The summed E-state index contributed by atoms with van der Waals surface area (Å²) in [5.41, 5.74) is 1.11. The first-order chi connectivity index (χ1) is 19.6. The zero-order chi connectivity index (χ0) is 28.5. The van der Waals surface area contributed by atoms with Crippen LogP contribution in [0.3, 0.4) is 0 Å². The predicted octanol–water partition coefficient (Wildman–Crippen LogP) is 9.24. The third-order valence-corrected chi connectivity index (χ3v) is 8.18. The Bertz CT molecular complexity index is 1020. The zero-order valence-electron chi connectivity index (χ0n) is 24.8. The van der Waals surface area contributed by atoms with E-state index in [-0.39, 0.29) is 17.5 Å². The fourth-order valence-electron chi connectivity index (χ4n) is 5.51. The molecular formula is C34H49N3O3. The van der Waals surface area contributed by atoms with Crippen molar-refractivity contribution in [2.75, 3.05) is 6.61 Å². The molecule has 0 atom stereocenters. The van der Waals surface area contributed by atoms with Gasteiger partial charge in [-0.2, -0.15) is 5.26 Å². The van der Waals surface area contributed by atoms with Gasteiger partial charge in [-0.15, -0.1) is 0 Å². The molecular weight excluding hydrogens is 498 g/mol. The summed E-state index contributed by atoms with van der Waals surface area (Å²) in [4.78, 5) is 21.7. The summed E-state index contributed by atoms with van der Waals surface area (Å²) < 4.78 is 11.6. The molecule has 0 bridgehead atoms. The molecule has 0 saturated heterocycles. The van der Waals surface area contributed by atoms with Gasteiger partial charge in [0.2, 0.25) is 0 Å². The Hall–Kier alpha value is -2.94. The largest absolute Gasteiger partial charge is 0.490 e. The molecule has 0 aliphatic heterocycles. The van der Waals surface area contributed by atoms with Crippen LogP contribution in [0.15, 0.2) is 36.7 Å². The lowest BCUT2D eigenvalue weighted by Crippen LogP contribution is -2.31. The highest BCUT2D eigenvalue weighted by atomic mass is 16.5. The van der Waals surface area contributed by atoms with Gasteiger partial charge in [-0.1, -0.05) is 96.6 Å². The number of hydrogen-bond donors (Lipinski definition) is 0. The van der Waals surface area contributed by atoms with Crippen molar-refractivity contribution in [3.8, 4) is 23.2 Å². The van der Waals surface area contributed by atoms with Gasteiger partial charge >= 0.3 is 5.97 Å². The van der Waals surface area contributed by atoms with Gasteiger partial charge in [0.05, 0.1) is 36.0 Å². The fourth-order valence-corrected chi connectivity index (χ4v) is 5.51. The summed E-state index contributed by atoms with van der Waals surface area (Å²) in [7, 11) is 0. The van der Waals surface area contributed by atoms with Crippen LogP contribution in [-0.4, -0.2) is 28.6 Å². The van der Waals surface area contributed by atoms with Crippen molar-refractivity contribution >= 4 is 5.97 Å². The lowest BCUT2D eigenvalue weighted by molar-refractivity contribution is 0.0105. The summed E-state index contributed by atoms with van der Waals surface area (Å²) in [6, 6.07) is 9.84. The Morgan fingerprint density at radius 1 is 0.875 bits per heavy atom. The number of aromatic nitrogens is 2. The molecule has 1 aromatic heterocycles. The number of nitriles is 1. The number of carbonyl (C=O) groups excluding carboxylic acids is 1. The maximum atomic E-state index is 12.8. The molecule has 1 saturated carbocycles. The third-order valence-electron chi connectivity index (χ3n) is 8.18. The lowest BCUT2D eigenvalue weighted by atomic mass is 9.71. The van der Waals surface area contributed by atoms with Crippen LogP contribution < -0.4 is 4.74 Å². The van der Waals surface area contributed by atoms with Crippen LogP contribution in [0, 0.1) is 16.7 Å². The Morgan fingerprint density at radius 2 is 1.45 bits per heavy atom. The second-order valence-corrected chi connectivity index (χ2v) is 11.5. The summed E-state index contributed by atoms with van der Waals surface area (Å²) >= 11 is 0. The van der Waals surface area contributed by atoms with Crippen molar-refractivity contribution in [1.82, 2.24) is 9.97 Å². The van der Waals surface area contributed by atoms with E-state index in [4.69, 9.17) is 9.47 Å². The average Bonchev–Trinajstić information content (AvgIpc) is 3.00. The average molecular weight is 548 g/mol. The maximum Gasteiger partial charge on any atom is 0.338 e. The van der Waals surface area contributed by atoms with Crippen molar-refractivity contribution in [3.63, 3.8) is 0 Å². The Morgan fingerprint density at radius 3 is 2.05 bits per heavy atom. The fraction of sp³-hybridized carbons (Fsp3) is 0.647. The van der Waals surface area contributed by atoms with Crippen LogP contribution in [0.25, 0.3) is 11.4 Å². The number of unbranched alkanes of at least 4 members (excludes halogenated alkanes) is 10. The van der Waals surface area contributed by atoms with Crippen LogP contribution in [-0.2, 0) is 4.74 Å². The van der Waals surface area contributed by atoms with Crippen LogP contribution >= 0.6 is 0 Å². The summed E-state index contributed by atoms with van der Waals surface area (Å²) in [6.45, 7) is 5.14. The molecule has 1 aliphatic carbocycles. The number of ether oxygens (including phenoxy) is 2. The zero-order valence-corrected chi connectivity index (χ0v) is 24.8. The number of nitrogens with zero attached hydrogens (tertiary/aromatic N) is 3. The highest BCUT2D eigenvalue weighted by molar-refractivity contribution is 5.90. The molecule has 6 nitrogen and oxygen atoms in total. The SMILES string of the molecule is CCCCCCCCCOc1cnc(-c2ccc(C(=O)OC3CCC(C#N)(CCCCCCC)CC3)cc2)nc1. The molecule has 0 unspecified atom stereocenters. The molecule has 218 valence electrons. The summed E-state index contributed by atoms with van der Waals surface area (Å²) in [6.07, 6.45) is 22.2. The van der Waals surface area contributed by atoms with Gasteiger partial charge in [0.15, 0.2) is 11.6 Å². The van der Waals surface area contributed by atoms with E-state index in [1.54, 1.807) is 24.5 Å². The molecule has 6 heteroatoms. The van der Waals surface area contributed by atoms with Crippen molar-refractivity contribution in [3.05, 3.63) is 42.2 Å². The molecule has 40 heavy (non-hydrogen) atoms. The minimum atomic E-state index is -0.310. The van der Waals surface area contributed by atoms with E-state index < -0.39 is 0 Å². The predicted molar refractivity (Wildman–Crippen MR) is 160 cm³/mol. The third kappa shape index (κ3) is 10.6. The van der Waals surface area contributed by atoms with Crippen molar-refractivity contribution in [1.29, 1.82) is 5.26 Å². The Kier molecular flexibility index (Phi) is 14.0. The first-order valence-electron chi connectivity index (χ1n) is 15.8. The van der Waals surface area contributed by atoms with Crippen LogP contribution in [0.4, 0.5) is 0 Å². The second kappa shape index (κ2) is 17.7. The lowest BCUT2D eigenvalue weighted by Gasteiger charge is -2.34. The summed E-state index contributed by atoms with van der Waals surface area (Å²) in [5, 5.41) is 9.84. The molecule has 0 spiro atoms. The van der Waals surface area contributed by atoms with Gasteiger partial charge in [-0.05, 0) is 50.7 Å². The molecule has 0 N–H and O–H groups in total. The van der Waals surface area contributed by atoms with Gasteiger partial charge in [-0.25, -0.2) is 14.8 Å². The van der Waals surface area contributed by atoms with Crippen LogP contribution in [0.1, 0.15) is 133 Å². The van der Waals surface area contributed by atoms with Gasteiger partial charge < -0.3 is 9.47 Å². The quantitative estimate of drug-likeness (QED) is 0.137. The van der Waals surface area contributed by atoms with Gasteiger partial charge in [0, 0.05) is 5.56 Å². The maximum absolute atomic E-state index is 12.8. The number of hydrogen-bond acceptors (Lipinski definition) is 6. The first-order valence-corrected chi connectivity index (χ1v) is 15.8. The molecule has 1 heterocycles. The van der Waals surface area contributed by atoms with E-state index in [0.29, 0.717) is 23.7 Å². The molecule has 1 aliphatic rings. The van der Waals surface area contributed by atoms with Crippen molar-refractivity contribution in [2.24, 2.45) is 5.41 Å². The monoisotopic (exact) mass is 547 g/mol. The number of rotatable bonds is 18. The minimum Gasteiger partial charge on any atom is -0.490 e. The van der Waals surface area contributed by atoms with Crippen molar-refractivity contribution in [2.45, 2.75) is 129 Å².